The Morgan fingerprint density at radius 2 is 1.92 bits per heavy atom. The first kappa shape index (κ1) is 27.6. The number of nitrogens with one attached hydrogen (secondary N) is 2. The van der Waals surface area contributed by atoms with Gasteiger partial charge in [-0.1, -0.05) is 12.1 Å². The van der Waals surface area contributed by atoms with Crippen LogP contribution < -0.4 is 19.8 Å². The summed E-state index contributed by atoms with van der Waals surface area (Å²) in [6.07, 6.45) is -0.816. The molecule has 0 aliphatic heterocycles. The van der Waals surface area contributed by atoms with Crippen LogP contribution in [0.1, 0.15) is 16.7 Å². The maximum atomic E-state index is 15.2. The van der Waals surface area contributed by atoms with Crippen LogP contribution in [0.5, 0.6) is 5.75 Å². The molecule has 0 unspecified atom stereocenters. The first-order valence-electron chi connectivity index (χ1n) is 11.0. The van der Waals surface area contributed by atoms with Crippen molar-refractivity contribution in [3.63, 3.8) is 0 Å². The number of nitriles is 1. The molecule has 1 aromatic heterocycles. The van der Waals surface area contributed by atoms with E-state index in [1.165, 1.54) is 56.4 Å². The highest BCUT2D eigenvalue weighted by Gasteiger charge is 2.21. The van der Waals surface area contributed by atoms with E-state index in [9.17, 15) is 18.0 Å². The van der Waals surface area contributed by atoms with Crippen molar-refractivity contribution in [3.05, 3.63) is 69.3 Å². The fourth-order valence-corrected chi connectivity index (χ4v) is 4.08. The molecule has 0 fully saturated rings. The minimum atomic E-state index is -3.97. The van der Waals surface area contributed by atoms with Crippen molar-refractivity contribution >= 4 is 33.0 Å². The van der Waals surface area contributed by atoms with E-state index in [4.69, 9.17) is 14.4 Å². The molecule has 0 bridgehead atoms. The summed E-state index contributed by atoms with van der Waals surface area (Å²) in [5.74, 6) is -0.683. The molecule has 0 radical (unpaired) electrons. The molecule has 2 N–H and O–H groups in total. The molecule has 1 heterocycles. The van der Waals surface area contributed by atoms with Crippen molar-refractivity contribution in [1.82, 2.24) is 14.5 Å². The summed E-state index contributed by atoms with van der Waals surface area (Å²) in [4.78, 5) is 27.9. The van der Waals surface area contributed by atoms with Crippen molar-refractivity contribution in [3.8, 4) is 11.8 Å². The van der Waals surface area contributed by atoms with Crippen molar-refractivity contribution in [2.45, 2.75) is 13.0 Å². The van der Waals surface area contributed by atoms with Crippen LogP contribution >= 0.6 is 0 Å². The molecule has 11 nitrogen and oxygen atoms in total. The Balaban J connectivity index is 2.12. The van der Waals surface area contributed by atoms with Gasteiger partial charge in [-0.15, -0.1) is 0 Å². The summed E-state index contributed by atoms with van der Waals surface area (Å²) >= 11 is 0. The first-order valence-corrected chi connectivity index (χ1v) is 12.5. The number of amides is 1. The third kappa shape index (κ3) is 6.62. The van der Waals surface area contributed by atoms with E-state index < -0.39 is 27.7 Å². The zero-order valence-electron chi connectivity index (χ0n) is 20.7. The van der Waals surface area contributed by atoms with Gasteiger partial charge >= 0.3 is 11.7 Å². The molecule has 1 amide bonds. The van der Waals surface area contributed by atoms with Crippen LogP contribution in [-0.4, -0.2) is 59.0 Å². The molecule has 37 heavy (non-hydrogen) atoms. The number of fused-ring (bicyclic) bond motifs is 1. The Kier molecular flexibility index (Phi) is 8.49. The fourth-order valence-electron chi connectivity index (χ4n) is 3.53. The Hall–Kier alpha value is -3.99. The number of benzene rings is 2. The monoisotopic (exact) mass is 531 g/mol. The topological polar surface area (TPSA) is 145 Å². The van der Waals surface area contributed by atoms with E-state index in [-0.39, 0.29) is 47.7 Å². The van der Waals surface area contributed by atoms with Crippen LogP contribution in [-0.2, 0) is 23.2 Å². The van der Waals surface area contributed by atoms with Crippen LogP contribution in [0.3, 0.4) is 0 Å². The molecule has 0 saturated carbocycles. The van der Waals surface area contributed by atoms with E-state index in [1.807, 2.05) is 10.8 Å². The number of hydrogen-bond donors (Lipinski definition) is 2. The quantitative estimate of drug-likeness (QED) is 0.316. The second-order valence-corrected chi connectivity index (χ2v) is 9.98. The molecule has 0 atom stereocenters. The van der Waals surface area contributed by atoms with Crippen LogP contribution in [0.15, 0.2) is 45.6 Å². The summed E-state index contributed by atoms with van der Waals surface area (Å²) in [6, 6.07) is 10.7. The van der Waals surface area contributed by atoms with E-state index in [0.29, 0.717) is 10.9 Å². The average Bonchev–Trinajstić information content (AvgIpc) is 2.83. The van der Waals surface area contributed by atoms with Gasteiger partial charge in [-0.25, -0.2) is 18.7 Å². The second kappa shape index (κ2) is 11.4. The van der Waals surface area contributed by atoms with Gasteiger partial charge in [-0.2, -0.15) is 13.7 Å². The van der Waals surface area contributed by atoms with Gasteiger partial charge in [0.25, 0.3) is 10.2 Å². The number of nitrogens with zero attached hydrogens (tertiary/aromatic N) is 3. The number of carbonyl (C=O) groups is 1. The van der Waals surface area contributed by atoms with Crippen LogP contribution in [0.2, 0.25) is 0 Å². The lowest BCUT2D eigenvalue weighted by molar-refractivity contribution is 0.172. The lowest BCUT2D eigenvalue weighted by atomic mass is 9.97. The Labute approximate surface area is 213 Å². The lowest BCUT2D eigenvalue weighted by Crippen LogP contribution is -2.27. The van der Waals surface area contributed by atoms with E-state index in [2.05, 4.69) is 4.72 Å². The molecule has 0 saturated heterocycles. The summed E-state index contributed by atoms with van der Waals surface area (Å²) in [7, 11) is 1.95. The minimum Gasteiger partial charge on any atom is -0.422 e. The number of ether oxygens (including phenoxy) is 1. The van der Waals surface area contributed by atoms with Gasteiger partial charge < -0.3 is 14.1 Å². The lowest BCUT2D eigenvalue weighted by Gasteiger charge is -2.18. The van der Waals surface area contributed by atoms with Gasteiger partial charge in [-0.05, 0) is 36.4 Å². The molecule has 0 aliphatic carbocycles. The molecule has 0 spiro atoms. The van der Waals surface area contributed by atoms with Gasteiger partial charge in [0.2, 0.25) is 0 Å². The summed E-state index contributed by atoms with van der Waals surface area (Å²) in [5.41, 5.74) is -0.187. The Morgan fingerprint density at radius 1 is 1.19 bits per heavy atom. The van der Waals surface area contributed by atoms with E-state index in [0.717, 1.165) is 0 Å². The van der Waals surface area contributed by atoms with E-state index in [1.54, 1.807) is 18.0 Å². The number of anilines is 1. The van der Waals surface area contributed by atoms with Crippen molar-refractivity contribution < 1.29 is 26.8 Å². The highest BCUT2D eigenvalue weighted by molar-refractivity contribution is 7.90. The molecule has 13 heteroatoms. The predicted octanol–water partition coefficient (Wildman–Crippen LogP) is 2.41. The van der Waals surface area contributed by atoms with Gasteiger partial charge in [0, 0.05) is 51.1 Å². The molecule has 0 aliphatic rings. The first-order chi connectivity index (χ1) is 17.5. The molecule has 3 rings (SSSR count). The van der Waals surface area contributed by atoms with Gasteiger partial charge in [0.05, 0.1) is 18.3 Å². The number of halogens is 1. The summed E-state index contributed by atoms with van der Waals surface area (Å²) in [5, 5.41) is 9.61. The molecular formula is C24H26FN5O6S. The molecule has 3 aromatic rings. The highest BCUT2D eigenvalue weighted by Crippen LogP contribution is 2.28. The fraction of sp³-hybridized carbons (Fsp3) is 0.292. The number of hydrogen-bond acceptors (Lipinski definition) is 8. The van der Waals surface area contributed by atoms with Gasteiger partial charge in [0.15, 0.2) is 5.82 Å². The largest absolute Gasteiger partial charge is 0.422 e. The van der Waals surface area contributed by atoms with Crippen molar-refractivity contribution in [2.24, 2.45) is 0 Å². The number of carbonyl (C=O) groups excluding carboxylic acids is 1. The average molecular weight is 532 g/mol. The smallest absolute Gasteiger partial charge is 0.414 e. The molecular weight excluding hydrogens is 505 g/mol. The van der Waals surface area contributed by atoms with Crippen molar-refractivity contribution in [2.75, 3.05) is 39.5 Å². The third-order valence-electron chi connectivity index (χ3n) is 5.39. The van der Waals surface area contributed by atoms with Gasteiger partial charge in [-0.3, -0.25) is 9.62 Å². The van der Waals surface area contributed by atoms with E-state index >= 15 is 4.39 Å². The second-order valence-electron chi connectivity index (χ2n) is 8.36. The van der Waals surface area contributed by atoms with Crippen LogP contribution in [0.25, 0.3) is 11.0 Å². The molecule has 196 valence electrons. The van der Waals surface area contributed by atoms with Crippen LogP contribution in [0.4, 0.5) is 14.9 Å². The molecule has 2 aromatic carbocycles. The van der Waals surface area contributed by atoms with Crippen molar-refractivity contribution in [1.29, 1.82) is 5.26 Å². The standard InChI is InChI=1S/C24H26FN5O6S/c1-27-37(33,34)28-20-7-5-6-15(22(20)25)12-18-19(14-30(4)11-10-26)17-9-8-16(35-24(32)29(2)3)13-21(17)36-23(18)31/h5-9,13,27-28H,11-12,14H2,1-4H3. The summed E-state index contributed by atoms with van der Waals surface area (Å²) in [6.45, 7) is 0.227. The zero-order chi connectivity index (χ0) is 27.3. The normalized spacial score (nSPS) is 11.4. The maximum absolute atomic E-state index is 15.2. The summed E-state index contributed by atoms with van der Waals surface area (Å²) < 4.78 is 53.8. The maximum Gasteiger partial charge on any atom is 0.414 e. The third-order valence-corrected chi connectivity index (χ3v) is 6.42. The Morgan fingerprint density at radius 3 is 2.57 bits per heavy atom. The highest BCUT2D eigenvalue weighted by atomic mass is 32.2. The van der Waals surface area contributed by atoms with Gasteiger partial charge in [0.1, 0.15) is 11.3 Å². The van der Waals surface area contributed by atoms with Crippen LogP contribution in [0, 0.1) is 17.1 Å². The SMILES string of the molecule is CNS(=O)(=O)Nc1cccc(Cc2c(CN(C)CC#N)c3ccc(OC(=O)N(C)C)cc3oc2=O)c1F. The Bertz CT molecular complexity index is 1530. The minimum absolute atomic E-state index is 0.0590. The number of rotatable bonds is 9. The predicted molar refractivity (Wildman–Crippen MR) is 135 cm³/mol. The zero-order valence-corrected chi connectivity index (χ0v) is 21.5.